The molecule has 1 aliphatic carbocycles. The molecule has 0 unspecified atom stereocenters. The van der Waals surface area contributed by atoms with Crippen LogP contribution in [0.15, 0.2) is 76.6 Å². The number of carbonyl (C=O) groups excluding carboxylic acids is 1. The summed E-state index contributed by atoms with van der Waals surface area (Å²) in [4.78, 5) is 23.2. The molecule has 7 N–H and O–H groups in total. The lowest BCUT2D eigenvalue weighted by molar-refractivity contribution is 0.0697. The lowest BCUT2D eigenvalue weighted by Crippen LogP contribution is -2.39. The Balaban J connectivity index is 0.000000301. The standard InChI is InChI=1S/C27H22N4O4.2C4H10N2/c1-16-25(24(15-32)31(30-16)21-12-11-17-5-2-6-18(17)14-21)29-28-23-10-4-9-22(26(23)33)19-7-3-8-20(13-19)27(34)35;2*1-2-6-4-3-5-1/h3-4,7-14,28,33H,2,5-6H2,1H3,(H,34,35);2*5-6H,1-4H2/b29-25+;;. The molecule has 12 nitrogen and oxygen atoms in total. The van der Waals surface area contributed by atoms with Crippen LogP contribution in [0.25, 0.3) is 11.1 Å². The molecular weight excluding hydrogens is 596 g/mol. The molecule has 0 radical (unpaired) electrons. The van der Waals surface area contributed by atoms with Crippen LogP contribution in [0.2, 0.25) is 0 Å². The molecule has 7 rings (SSSR count). The van der Waals surface area contributed by atoms with Crippen LogP contribution in [0.1, 0.15) is 34.8 Å². The summed E-state index contributed by atoms with van der Waals surface area (Å²) in [5.74, 6) is 0.805. The van der Waals surface area contributed by atoms with E-state index in [-0.39, 0.29) is 17.0 Å². The number of phenols is 1. The van der Waals surface area contributed by atoms with E-state index >= 15 is 0 Å². The molecule has 3 heterocycles. The number of allylic oxidation sites excluding steroid dienone is 1. The van der Waals surface area contributed by atoms with Crippen LogP contribution in [-0.2, 0) is 17.6 Å². The first kappa shape index (κ1) is 33.5. The van der Waals surface area contributed by atoms with Gasteiger partial charge in [-0.1, -0.05) is 30.3 Å². The molecule has 0 amide bonds. The molecule has 3 aliphatic heterocycles. The third-order valence-corrected chi connectivity index (χ3v) is 8.11. The molecule has 12 heteroatoms. The van der Waals surface area contributed by atoms with Gasteiger partial charge < -0.3 is 31.5 Å². The van der Waals surface area contributed by atoms with Crippen LogP contribution in [-0.4, -0.2) is 85.9 Å². The number of aromatic carboxylic acids is 1. The third-order valence-electron chi connectivity index (χ3n) is 8.11. The Morgan fingerprint density at radius 2 is 1.51 bits per heavy atom. The zero-order valence-corrected chi connectivity index (χ0v) is 26.6. The molecule has 3 aromatic rings. The first-order valence-electron chi connectivity index (χ1n) is 16.0. The number of benzene rings is 3. The fourth-order valence-corrected chi connectivity index (χ4v) is 5.63. The second kappa shape index (κ2) is 16.6. The smallest absolute Gasteiger partial charge is 0.335 e. The first-order valence-corrected chi connectivity index (χ1v) is 16.0. The number of carboxylic acid groups (broad SMARTS) is 1. The lowest BCUT2D eigenvalue weighted by atomic mass is 10.0. The van der Waals surface area contributed by atoms with E-state index in [1.54, 1.807) is 37.3 Å². The number of aromatic hydroxyl groups is 1. The Labute approximate surface area is 274 Å². The lowest BCUT2D eigenvalue weighted by Gasteiger charge is -2.15. The predicted molar refractivity (Wildman–Crippen MR) is 186 cm³/mol. The van der Waals surface area contributed by atoms with Gasteiger partial charge in [-0.25, -0.2) is 14.6 Å². The minimum atomic E-state index is -1.05. The largest absolute Gasteiger partial charge is 0.505 e. The number of aryl methyl sites for hydroxylation is 2. The van der Waals surface area contributed by atoms with Crippen LogP contribution < -0.4 is 31.7 Å². The van der Waals surface area contributed by atoms with E-state index in [1.165, 1.54) is 28.3 Å². The Kier molecular flexibility index (Phi) is 11.9. The van der Waals surface area contributed by atoms with Crippen molar-refractivity contribution < 1.29 is 19.8 Å². The Bertz CT molecular complexity index is 1640. The summed E-state index contributed by atoms with van der Waals surface area (Å²) in [6.45, 7) is 10.9. The fraction of sp³-hybridized carbons (Fsp3) is 0.343. The highest BCUT2D eigenvalue weighted by Gasteiger charge is 2.29. The van der Waals surface area contributed by atoms with Gasteiger partial charge in [0.05, 0.1) is 22.6 Å². The van der Waals surface area contributed by atoms with Gasteiger partial charge in [0.25, 0.3) is 0 Å². The predicted octanol–water partition coefficient (Wildman–Crippen LogP) is 2.98. The number of rotatable bonds is 5. The van der Waals surface area contributed by atoms with Gasteiger partial charge in [0, 0.05) is 57.9 Å². The van der Waals surface area contributed by atoms with Crippen molar-refractivity contribution in [1.82, 2.24) is 21.3 Å². The van der Waals surface area contributed by atoms with Crippen molar-refractivity contribution in [3.63, 3.8) is 0 Å². The molecule has 2 fully saturated rings. The van der Waals surface area contributed by atoms with Crippen molar-refractivity contribution in [3.8, 4) is 16.9 Å². The van der Waals surface area contributed by atoms with Crippen molar-refractivity contribution in [2.24, 2.45) is 10.2 Å². The molecule has 0 aromatic heterocycles. The van der Waals surface area contributed by atoms with Gasteiger partial charge in [-0.2, -0.15) is 10.2 Å². The van der Waals surface area contributed by atoms with Gasteiger partial charge in [-0.3, -0.25) is 5.43 Å². The van der Waals surface area contributed by atoms with E-state index in [4.69, 9.17) is 0 Å². The topological polar surface area (TPSA) is 163 Å². The summed E-state index contributed by atoms with van der Waals surface area (Å²) in [5, 5.41) is 43.4. The van der Waals surface area contributed by atoms with Crippen molar-refractivity contribution in [1.29, 1.82) is 0 Å². The van der Waals surface area contributed by atoms with E-state index in [2.05, 4.69) is 43.0 Å². The molecule has 4 aliphatic rings. The number of carboxylic acids is 1. The zero-order chi connectivity index (χ0) is 33.0. The number of hydrazone groups is 2. The number of piperazine rings is 2. The molecule has 3 aromatic carbocycles. The highest BCUT2D eigenvalue weighted by Crippen LogP contribution is 2.36. The molecule has 0 bridgehead atoms. The van der Waals surface area contributed by atoms with E-state index in [0.717, 1.165) is 77.3 Å². The van der Waals surface area contributed by atoms with Crippen molar-refractivity contribution in [2.75, 3.05) is 62.8 Å². The third kappa shape index (κ3) is 8.70. The minimum Gasteiger partial charge on any atom is -0.505 e. The zero-order valence-electron chi connectivity index (χ0n) is 26.6. The maximum absolute atomic E-state index is 11.9. The number of anilines is 2. The van der Waals surface area contributed by atoms with Crippen molar-refractivity contribution in [2.45, 2.75) is 26.2 Å². The maximum atomic E-state index is 11.9. The van der Waals surface area contributed by atoms with Crippen LogP contribution in [0.4, 0.5) is 11.4 Å². The fourth-order valence-electron chi connectivity index (χ4n) is 5.63. The number of carbonyl (C=O) groups is 1. The van der Waals surface area contributed by atoms with Crippen molar-refractivity contribution in [3.05, 3.63) is 83.1 Å². The van der Waals surface area contributed by atoms with E-state index in [9.17, 15) is 19.8 Å². The highest BCUT2D eigenvalue weighted by atomic mass is 16.4. The van der Waals surface area contributed by atoms with Crippen LogP contribution in [0, 0.1) is 0 Å². The number of hydrogen-bond acceptors (Lipinski definition) is 11. The molecule has 0 atom stereocenters. The average Bonchev–Trinajstić information content (AvgIpc) is 3.73. The van der Waals surface area contributed by atoms with Crippen LogP contribution >= 0.6 is 0 Å². The summed E-state index contributed by atoms with van der Waals surface area (Å²) in [5.41, 5.74) is 8.62. The average molecular weight is 639 g/mol. The van der Waals surface area contributed by atoms with Gasteiger partial charge in [0.2, 0.25) is 0 Å². The van der Waals surface area contributed by atoms with E-state index in [1.807, 2.05) is 18.1 Å². The normalized spacial score (nSPS) is 17.8. The Morgan fingerprint density at radius 3 is 2.13 bits per heavy atom. The molecule has 0 spiro atoms. The summed E-state index contributed by atoms with van der Waals surface area (Å²) in [7, 11) is 0. The van der Waals surface area contributed by atoms with Gasteiger partial charge in [-0.15, -0.1) is 0 Å². The number of nitrogens with zero attached hydrogens (tertiary/aromatic N) is 3. The summed E-state index contributed by atoms with van der Waals surface area (Å²) < 4.78 is 0. The quantitative estimate of drug-likeness (QED) is 0.126. The number of para-hydroxylation sites is 1. The summed E-state index contributed by atoms with van der Waals surface area (Å²) in [6, 6.07) is 17.4. The van der Waals surface area contributed by atoms with Gasteiger partial charge >= 0.3 is 5.97 Å². The number of fused-ring (bicyclic) bond motifs is 1. The number of hydrogen-bond donors (Lipinski definition) is 7. The molecule has 2 saturated heterocycles. The van der Waals surface area contributed by atoms with E-state index < -0.39 is 5.97 Å². The first-order chi connectivity index (χ1) is 23.0. The molecular formula is C35H42N8O4. The number of nitrogens with one attached hydrogen (secondary N) is 5. The second-order valence-electron chi connectivity index (χ2n) is 11.4. The monoisotopic (exact) mass is 638 g/mol. The summed E-state index contributed by atoms with van der Waals surface area (Å²) >= 11 is 0. The Morgan fingerprint density at radius 1 is 0.872 bits per heavy atom. The number of phenolic OH excluding ortho intramolecular Hbond substituents is 1. The van der Waals surface area contributed by atoms with Gasteiger partial charge in [0.1, 0.15) is 11.5 Å². The SMILES string of the molecule is C1CNCCN1.C1CNCCN1.CC1=NN(c2ccc3c(c2)CCC3)C(=C=O)/C1=N/Nc1cccc(-c2cccc(C(=O)O)c2)c1O. The molecule has 47 heavy (non-hydrogen) atoms. The van der Waals surface area contributed by atoms with Crippen LogP contribution in [0.3, 0.4) is 0 Å². The van der Waals surface area contributed by atoms with Crippen LogP contribution in [0.5, 0.6) is 5.75 Å². The van der Waals surface area contributed by atoms with E-state index in [0.29, 0.717) is 28.2 Å². The second-order valence-corrected chi connectivity index (χ2v) is 11.4. The Hall–Kier alpha value is -4.84. The maximum Gasteiger partial charge on any atom is 0.335 e. The van der Waals surface area contributed by atoms with Crippen molar-refractivity contribution >= 4 is 34.7 Å². The minimum absolute atomic E-state index is 0.0981. The summed E-state index contributed by atoms with van der Waals surface area (Å²) in [6.07, 6.45) is 3.19. The van der Waals surface area contributed by atoms with Gasteiger partial charge in [-0.05, 0) is 73.2 Å². The molecule has 0 saturated carbocycles. The highest BCUT2D eigenvalue weighted by molar-refractivity contribution is 6.52. The molecule has 246 valence electrons. The van der Waals surface area contributed by atoms with Gasteiger partial charge in [0.15, 0.2) is 11.6 Å².